The lowest BCUT2D eigenvalue weighted by atomic mass is 9.95. The highest BCUT2D eigenvalue weighted by Gasteiger charge is 2.24. The lowest BCUT2D eigenvalue weighted by Crippen LogP contribution is -2.12. The Morgan fingerprint density at radius 1 is 0.469 bits per heavy atom. The van der Waals surface area contributed by atoms with Crippen molar-refractivity contribution in [3.05, 3.63) is 181 Å². The van der Waals surface area contributed by atoms with Crippen LogP contribution in [0.25, 0.3) is 61.0 Å². The third-order valence-corrected chi connectivity index (χ3v) is 9.31. The maximum absolute atomic E-state index is 5.37. The summed E-state index contributed by atoms with van der Waals surface area (Å²) in [4.78, 5) is 13.0. The summed E-state index contributed by atoms with van der Waals surface area (Å²) >= 11 is 0. The van der Waals surface area contributed by atoms with Crippen molar-refractivity contribution in [1.29, 1.82) is 0 Å². The monoisotopic (exact) mass is 628 g/mol. The van der Waals surface area contributed by atoms with Crippen LogP contribution in [-0.2, 0) is 0 Å². The molecule has 0 aliphatic rings. The van der Waals surface area contributed by atoms with Crippen LogP contribution in [0.1, 0.15) is 5.56 Å². The predicted molar refractivity (Wildman–Crippen MR) is 204 cm³/mol. The van der Waals surface area contributed by atoms with Gasteiger partial charge in [0.1, 0.15) is 5.69 Å². The number of hydrogen-bond acceptors (Lipinski definition) is 3. The SMILES string of the molecule is Cc1ccccc1-c1cc2c3ccccc3n(-c3nc4ccccc4nc3-c3ccccc3)c2cc1N(c1ccccc1)c1ccccc1. The van der Waals surface area contributed by atoms with Crippen LogP contribution < -0.4 is 4.90 Å². The predicted octanol–water partition coefficient (Wildman–Crippen LogP) is 11.8. The van der Waals surface area contributed by atoms with Crippen LogP contribution in [0.5, 0.6) is 0 Å². The molecule has 9 rings (SSSR count). The standard InChI is InChI=1S/C45H32N4/c1-31-17-11-12-24-35(31)37-29-38-36-25-13-16-28-41(36)49(45-44(32-18-5-2-6-19-32)46-39-26-14-15-27-40(39)47-45)43(38)30-42(37)48(33-20-7-3-8-21-33)34-22-9-4-10-23-34/h2-30H,1H3. The molecule has 2 aromatic heterocycles. The van der Waals surface area contributed by atoms with Gasteiger partial charge in [0.15, 0.2) is 5.82 Å². The normalized spacial score (nSPS) is 11.4. The molecule has 0 aliphatic carbocycles. The van der Waals surface area contributed by atoms with Crippen LogP contribution in [0.4, 0.5) is 17.1 Å². The van der Waals surface area contributed by atoms with E-state index in [2.05, 4.69) is 162 Å². The maximum Gasteiger partial charge on any atom is 0.165 e. The molecule has 0 saturated heterocycles. The summed E-state index contributed by atoms with van der Waals surface area (Å²) in [7, 11) is 0. The van der Waals surface area contributed by atoms with Crippen LogP contribution in [-0.4, -0.2) is 14.5 Å². The minimum Gasteiger partial charge on any atom is -0.310 e. The van der Waals surface area contributed by atoms with Gasteiger partial charge in [-0.25, -0.2) is 9.97 Å². The van der Waals surface area contributed by atoms with Gasteiger partial charge in [0.25, 0.3) is 0 Å². The van der Waals surface area contributed by atoms with Crippen LogP contribution in [0.3, 0.4) is 0 Å². The molecule has 0 fully saturated rings. The second kappa shape index (κ2) is 11.9. The second-order valence-corrected chi connectivity index (χ2v) is 12.3. The zero-order chi connectivity index (χ0) is 32.7. The number of aromatic nitrogens is 3. The first-order valence-corrected chi connectivity index (χ1v) is 16.6. The van der Waals surface area contributed by atoms with Crippen molar-refractivity contribution < 1.29 is 0 Å². The van der Waals surface area contributed by atoms with Gasteiger partial charge < -0.3 is 4.90 Å². The van der Waals surface area contributed by atoms with E-state index in [1.54, 1.807) is 0 Å². The lowest BCUT2D eigenvalue weighted by molar-refractivity contribution is 1.08. The van der Waals surface area contributed by atoms with Crippen LogP contribution in [0, 0.1) is 6.92 Å². The zero-order valence-electron chi connectivity index (χ0n) is 27.0. The Balaban J connectivity index is 1.44. The molecule has 0 spiro atoms. The maximum atomic E-state index is 5.37. The van der Waals surface area contributed by atoms with E-state index >= 15 is 0 Å². The van der Waals surface area contributed by atoms with Crippen LogP contribution in [0.15, 0.2) is 176 Å². The van der Waals surface area contributed by atoms with Crippen molar-refractivity contribution >= 4 is 49.9 Å². The molecule has 0 radical (unpaired) electrons. The van der Waals surface area contributed by atoms with Gasteiger partial charge in [0, 0.05) is 33.3 Å². The molecule has 2 heterocycles. The molecule has 0 amide bonds. The number of aryl methyl sites for hydroxylation is 1. The first-order valence-electron chi connectivity index (χ1n) is 16.6. The van der Waals surface area contributed by atoms with Crippen molar-refractivity contribution in [3.63, 3.8) is 0 Å². The lowest BCUT2D eigenvalue weighted by Gasteiger charge is -2.28. The first-order chi connectivity index (χ1) is 24.2. The van der Waals surface area contributed by atoms with Crippen molar-refractivity contribution in [1.82, 2.24) is 14.5 Å². The fraction of sp³-hybridized carbons (Fsp3) is 0.0222. The Morgan fingerprint density at radius 3 is 1.73 bits per heavy atom. The van der Waals surface area contributed by atoms with Crippen molar-refractivity contribution in [3.8, 4) is 28.2 Å². The van der Waals surface area contributed by atoms with Crippen LogP contribution in [0.2, 0.25) is 0 Å². The summed E-state index contributed by atoms with van der Waals surface area (Å²) in [5.41, 5.74) is 12.6. The van der Waals surface area contributed by atoms with Gasteiger partial charge in [-0.15, -0.1) is 0 Å². The minimum atomic E-state index is 0.802. The minimum absolute atomic E-state index is 0.802. The molecule has 7 aromatic carbocycles. The smallest absolute Gasteiger partial charge is 0.165 e. The van der Waals surface area contributed by atoms with Gasteiger partial charge in [-0.3, -0.25) is 4.57 Å². The van der Waals surface area contributed by atoms with E-state index in [0.717, 1.165) is 67.2 Å². The van der Waals surface area contributed by atoms with E-state index < -0.39 is 0 Å². The molecule has 232 valence electrons. The molecule has 0 unspecified atom stereocenters. The Morgan fingerprint density at radius 2 is 1.04 bits per heavy atom. The Labute approximate surface area is 285 Å². The van der Waals surface area contributed by atoms with Crippen molar-refractivity contribution in [2.75, 3.05) is 4.90 Å². The highest BCUT2D eigenvalue weighted by Crippen LogP contribution is 2.46. The summed E-state index contributed by atoms with van der Waals surface area (Å²) in [5, 5.41) is 2.33. The topological polar surface area (TPSA) is 34.0 Å². The molecule has 9 aromatic rings. The summed E-state index contributed by atoms with van der Waals surface area (Å²) in [6.07, 6.45) is 0. The number of benzene rings is 7. The molecule has 4 heteroatoms. The fourth-order valence-corrected chi connectivity index (χ4v) is 7.03. The molecule has 0 atom stereocenters. The van der Waals surface area contributed by atoms with E-state index in [-0.39, 0.29) is 0 Å². The molecule has 0 aliphatic heterocycles. The number of para-hydroxylation sites is 5. The Bertz CT molecular complexity index is 2570. The number of hydrogen-bond donors (Lipinski definition) is 0. The number of nitrogens with zero attached hydrogens (tertiary/aromatic N) is 4. The van der Waals surface area contributed by atoms with E-state index in [0.29, 0.717) is 0 Å². The van der Waals surface area contributed by atoms with E-state index in [1.807, 2.05) is 30.3 Å². The van der Waals surface area contributed by atoms with Gasteiger partial charge in [-0.05, 0) is 72.6 Å². The third-order valence-electron chi connectivity index (χ3n) is 9.31. The summed E-state index contributed by atoms with van der Waals surface area (Å²) in [6.45, 7) is 2.19. The van der Waals surface area contributed by atoms with Gasteiger partial charge >= 0.3 is 0 Å². The molecule has 0 saturated carbocycles. The summed E-state index contributed by atoms with van der Waals surface area (Å²) < 4.78 is 2.31. The molecule has 0 bridgehead atoms. The highest BCUT2D eigenvalue weighted by molar-refractivity contribution is 6.13. The van der Waals surface area contributed by atoms with E-state index in [9.17, 15) is 0 Å². The van der Waals surface area contributed by atoms with Gasteiger partial charge in [0.05, 0.1) is 27.8 Å². The highest BCUT2D eigenvalue weighted by atomic mass is 15.2. The summed E-state index contributed by atoms with van der Waals surface area (Å²) in [6, 6.07) is 61.8. The second-order valence-electron chi connectivity index (χ2n) is 12.3. The Kier molecular flexibility index (Phi) is 6.98. The molecular formula is C45H32N4. The van der Waals surface area contributed by atoms with Gasteiger partial charge in [0.2, 0.25) is 0 Å². The fourth-order valence-electron chi connectivity index (χ4n) is 7.03. The van der Waals surface area contributed by atoms with Crippen molar-refractivity contribution in [2.45, 2.75) is 6.92 Å². The van der Waals surface area contributed by atoms with Crippen molar-refractivity contribution in [2.24, 2.45) is 0 Å². The molecule has 0 N–H and O–H groups in total. The number of rotatable bonds is 6. The molecule has 4 nitrogen and oxygen atoms in total. The number of anilines is 3. The quantitative estimate of drug-likeness (QED) is 0.184. The third kappa shape index (κ3) is 4.93. The first kappa shape index (κ1) is 28.7. The molecule has 49 heavy (non-hydrogen) atoms. The van der Waals surface area contributed by atoms with E-state index in [1.165, 1.54) is 16.5 Å². The Hall–Kier alpha value is -6.52. The van der Waals surface area contributed by atoms with Crippen LogP contribution >= 0.6 is 0 Å². The van der Waals surface area contributed by atoms with E-state index in [4.69, 9.17) is 9.97 Å². The van der Waals surface area contributed by atoms with Gasteiger partial charge in [-0.1, -0.05) is 121 Å². The molecular weight excluding hydrogens is 597 g/mol. The average molecular weight is 629 g/mol. The average Bonchev–Trinajstić information content (AvgIpc) is 3.48. The largest absolute Gasteiger partial charge is 0.310 e. The zero-order valence-corrected chi connectivity index (χ0v) is 27.0. The van der Waals surface area contributed by atoms with Gasteiger partial charge in [-0.2, -0.15) is 0 Å². The summed E-state index contributed by atoms with van der Waals surface area (Å²) in [5.74, 6) is 0.802. The number of fused-ring (bicyclic) bond motifs is 4.